The van der Waals surface area contributed by atoms with Crippen molar-refractivity contribution < 1.29 is 5.11 Å². The summed E-state index contributed by atoms with van der Waals surface area (Å²) in [4.78, 5) is 1.18. The number of hydrogen-bond acceptors (Lipinski definition) is 2. The van der Waals surface area contributed by atoms with Gasteiger partial charge in [-0.25, -0.2) is 0 Å². The van der Waals surface area contributed by atoms with Gasteiger partial charge >= 0.3 is 0 Å². The Morgan fingerprint density at radius 3 is 2.39 bits per heavy atom. The standard InChI is InChI=1S/C16H18OS/c1-2-15(17)14-10-6-7-11-16(14)18-12-13-8-4-3-5-9-13/h3-11,15,17H,2,12H2,1H3/t15-/m0/s1. The zero-order valence-corrected chi connectivity index (χ0v) is 11.4. The molecule has 1 nitrogen and oxygen atoms in total. The Labute approximate surface area is 113 Å². The van der Waals surface area contributed by atoms with Gasteiger partial charge in [-0.2, -0.15) is 0 Å². The summed E-state index contributed by atoms with van der Waals surface area (Å²) in [6.45, 7) is 2.00. The highest BCUT2D eigenvalue weighted by Gasteiger charge is 2.10. The van der Waals surface area contributed by atoms with Gasteiger partial charge in [-0.1, -0.05) is 55.5 Å². The Hall–Kier alpha value is -1.25. The predicted molar refractivity (Wildman–Crippen MR) is 77.7 cm³/mol. The van der Waals surface area contributed by atoms with Crippen LogP contribution in [0.25, 0.3) is 0 Å². The van der Waals surface area contributed by atoms with Crippen LogP contribution < -0.4 is 0 Å². The Kier molecular flexibility index (Phi) is 4.85. The first kappa shape index (κ1) is 13.2. The van der Waals surface area contributed by atoms with Gasteiger partial charge in [-0.3, -0.25) is 0 Å². The fourth-order valence-corrected chi connectivity index (χ4v) is 2.90. The van der Waals surface area contributed by atoms with Crippen LogP contribution in [0, 0.1) is 0 Å². The van der Waals surface area contributed by atoms with Gasteiger partial charge in [0.15, 0.2) is 0 Å². The minimum absolute atomic E-state index is 0.357. The maximum Gasteiger partial charge on any atom is 0.0798 e. The molecule has 94 valence electrons. The predicted octanol–water partition coefficient (Wildman–Crippen LogP) is 4.42. The van der Waals surface area contributed by atoms with E-state index < -0.39 is 0 Å². The lowest BCUT2D eigenvalue weighted by Gasteiger charge is -2.13. The summed E-state index contributed by atoms with van der Waals surface area (Å²) in [5.74, 6) is 0.939. The molecule has 0 unspecified atom stereocenters. The van der Waals surface area contributed by atoms with Gasteiger partial charge in [0.25, 0.3) is 0 Å². The van der Waals surface area contributed by atoms with Gasteiger partial charge in [0, 0.05) is 10.6 Å². The molecule has 0 fully saturated rings. The highest BCUT2D eigenvalue weighted by atomic mass is 32.2. The Balaban J connectivity index is 2.10. The lowest BCUT2D eigenvalue weighted by atomic mass is 10.1. The number of thioether (sulfide) groups is 1. The fraction of sp³-hybridized carbons (Fsp3) is 0.250. The smallest absolute Gasteiger partial charge is 0.0798 e. The zero-order chi connectivity index (χ0) is 12.8. The van der Waals surface area contributed by atoms with Crippen LogP contribution in [-0.2, 0) is 5.75 Å². The van der Waals surface area contributed by atoms with Crippen molar-refractivity contribution in [1.29, 1.82) is 0 Å². The minimum atomic E-state index is -0.357. The third kappa shape index (κ3) is 3.37. The molecular formula is C16H18OS. The topological polar surface area (TPSA) is 20.2 Å². The second-order valence-corrected chi connectivity index (χ2v) is 5.25. The molecule has 0 aliphatic rings. The average molecular weight is 258 g/mol. The molecule has 0 radical (unpaired) electrons. The molecule has 2 rings (SSSR count). The molecule has 2 heteroatoms. The largest absolute Gasteiger partial charge is 0.388 e. The highest BCUT2D eigenvalue weighted by molar-refractivity contribution is 7.98. The van der Waals surface area contributed by atoms with Gasteiger partial charge in [0.05, 0.1) is 6.10 Å². The number of hydrogen-bond donors (Lipinski definition) is 1. The van der Waals surface area contributed by atoms with Crippen molar-refractivity contribution in [2.45, 2.75) is 30.1 Å². The summed E-state index contributed by atoms with van der Waals surface area (Å²) in [5.41, 5.74) is 2.35. The van der Waals surface area contributed by atoms with Crippen LogP contribution in [0.15, 0.2) is 59.5 Å². The van der Waals surface area contributed by atoms with E-state index in [1.807, 2.05) is 31.2 Å². The van der Waals surface area contributed by atoms with E-state index in [0.717, 1.165) is 17.7 Å². The summed E-state index contributed by atoms with van der Waals surface area (Å²) in [7, 11) is 0. The molecule has 0 amide bonds. The first-order valence-corrected chi connectivity index (χ1v) is 7.23. The zero-order valence-electron chi connectivity index (χ0n) is 10.5. The molecule has 2 aromatic carbocycles. The number of rotatable bonds is 5. The van der Waals surface area contributed by atoms with Gasteiger partial charge in [-0.15, -0.1) is 11.8 Å². The van der Waals surface area contributed by atoms with Crippen LogP contribution >= 0.6 is 11.8 Å². The fourth-order valence-electron chi connectivity index (χ4n) is 1.84. The van der Waals surface area contributed by atoms with E-state index in [2.05, 4.69) is 30.3 Å². The molecule has 0 saturated heterocycles. The van der Waals surface area contributed by atoms with Crippen molar-refractivity contribution in [3.63, 3.8) is 0 Å². The second kappa shape index (κ2) is 6.62. The van der Waals surface area contributed by atoms with Crippen molar-refractivity contribution >= 4 is 11.8 Å². The second-order valence-electron chi connectivity index (χ2n) is 4.24. The van der Waals surface area contributed by atoms with Crippen LogP contribution in [0.4, 0.5) is 0 Å². The Morgan fingerprint density at radius 2 is 1.67 bits per heavy atom. The first-order valence-electron chi connectivity index (χ1n) is 6.25. The van der Waals surface area contributed by atoms with Crippen molar-refractivity contribution in [3.05, 3.63) is 65.7 Å². The minimum Gasteiger partial charge on any atom is -0.388 e. The summed E-state index contributed by atoms with van der Waals surface area (Å²) < 4.78 is 0. The molecule has 18 heavy (non-hydrogen) atoms. The number of benzene rings is 2. The maximum absolute atomic E-state index is 9.99. The monoisotopic (exact) mass is 258 g/mol. The molecule has 0 aliphatic heterocycles. The lowest BCUT2D eigenvalue weighted by molar-refractivity contribution is 0.171. The molecular weight excluding hydrogens is 240 g/mol. The van der Waals surface area contributed by atoms with E-state index >= 15 is 0 Å². The van der Waals surface area contributed by atoms with Gasteiger partial charge in [-0.05, 0) is 23.6 Å². The Morgan fingerprint density at radius 1 is 1.00 bits per heavy atom. The van der Waals surface area contributed by atoms with Crippen LogP contribution in [0.2, 0.25) is 0 Å². The van der Waals surface area contributed by atoms with E-state index in [-0.39, 0.29) is 6.10 Å². The average Bonchev–Trinajstić information content (AvgIpc) is 2.45. The third-order valence-electron chi connectivity index (χ3n) is 2.90. The van der Waals surface area contributed by atoms with Crippen LogP contribution in [0.3, 0.4) is 0 Å². The van der Waals surface area contributed by atoms with E-state index in [4.69, 9.17) is 0 Å². The summed E-state index contributed by atoms with van der Waals surface area (Å²) in [6, 6.07) is 18.5. The highest BCUT2D eigenvalue weighted by Crippen LogP contribution is 2.31. The molecule has 0 saturated carbocycles. The van der Waals surface area contributed by atoms with Crippen molar-refractivity contribution in [2.24, 2.45) is 0 Å². The molecule has 0 spiro atoms. The SMILES string of the molecule is CC[C@H](O)c1ccccc1SCc1ccccc1. The third-order valence-corrected chi connectivity index (χ3v) is 4.06. The van der Waals surface area contributed by atoms with Crippen molar-refractivity contribution in [1.82, 2.24) is 0 Å². The van der Waals surface area contributed by atoms with E-state index in [1.165, 1.54) is 10.5 Å². The van der Waals surface area contributed by atoms with Crippen LogP contribution in [0.5, 0.6) is 0 Å². The maximum atomic E-state index is 9.99. The molecule has 0 aromatic heterocycles. The molecule has 0 heterocycles. The number of aliphatic hydroxyl groups is 1. The van der Waals surface area contributed by atoms with E-state index in [0.29, 0.717) is 0 Å². The van der Waals surface area contributed by atoms with E-state index in [9.17, 15) is 5.11 Å². The van der Waals surface area contributed by atoms with E-state index in [1.54, 1.807) is 11.8 Å². The first-order chi connectivity index (χ1) is 8.81. The number of aliphatic hydroxyl groups excluding tert-OH is 1. The summed E-state index contributed by atoms with van der Waals surface area (Å²) >= 11 is 1.78. The van der Waals surface area contributed by atoms with Gasteiger partial charge in [0.2, 0.25) is 0 Å². The quantitative estimate of drug-likeness (QED) is 0.801. The summed E-state index contributed by atoms with van der Waals surface area (Å²) in [6.07, 6.45) is 0.396. The molecule has 2 aromatic rings. The molecule has 1 atom stereocenters. The summed E-state index contributed by atoms with van der Waals surface area (Å²) in [5, 5.41) is 9.99. The Bertz CT molecular complexity index is 481. The van der Waals surface area contributed by atoms with Gasteiger partial charge in [0.1, 0.15) is 0 Å². The van der Waals surface area contributed by atoms with Crippen molar-refractivity contribution in [3.8, 4) is 0 Å². The van der Waals surface area contributed by atoms with Crippen molar-refractivity contribution in [2.75, 3.05) is 0 Å². The van der Waals surface area contributed by atoms with Gasteiger partial charge < -0.3 is 5.11 Å². The van der Waals surface area contributed by atoms with Crippen LogP contribution in [-0.4, -0.2) is 5.11 Å². The molecule has 0 bridgehead atoms. The van der Waals surface area contributed by atoms with Crippen LogP contribution in [0.1, 0.15) is 30.6 Å². The molecule has 1 N–H and O–H groups in total. The lowest BCUT2D eigenvalue weighted by Crippen LogP contribution is -1.97. The normalized spacial score (nSPS) is 12.3. The molecule has 0 aliphatic carbocycles.